The van der Waals surface area contributed by atoms with Crippen molar-refractivity contribution in [1.82, 2.24) is 15.5 Å². The first-order chi connectivity index (χ1) is 5.34. The highest BCUT2D eigenvalue weighted by atomic mass is 79.9. The summed E-state index contributed by atoms with van der Waals surface area (Å²) in [6.45, 7) is 0.629. The zero-order valence-corrected chi connectivity index (χ0v) is 7.39. The summed E-state index contributed by atoms with van der Waals surface area (Å²) in [4.78, 5) is 11.1. The van der Waals surface area contributed by atoms with Gasteiger partial charge in [-0.2, -0.15) is 5.10 Å². The van der Waals surface area contributed by atoms with Crippen molar-refractivity contribution in [2.24, 2.45) is 0 Å². The van der Waals surface area contributed by atoms with E-state index in [1.165, 1.54) is 6.20 Å². The lowest BCUT2D eigenvalue weighted by molar-refractivity contribution is 0.0956. The molecule has 4 nitrogen and oxygen atoms in total. The third-order valence-electron chi connectivity index (χ3n) is 1.14. The molecule has 1 aromatic rings. The molecule has 1 heterocycles. The van der Waals surface area contributed by atoms with Crippen LogP contribution in [-0.2, 0) is 0 Å². The van der Waals surface area contributed by atoms with Crippen LogP contribution in [0.25, 0.3) is 0 Å². The van der Waals surface area contributed by atoms with Gasteiger partial charge in [0.25, 0.3) is 5.91 Å². The zero-order valence-electron chi connectivity index (χ0n) is 5.80. The van der Waals surface area contributed by atoms with Crippen LogP contribution in [-0.4, -0.2) is 28.0 Å². The molecule has 0 aliphatic carbocycles. The van der Waals surface area contributed by atoms with Crippen molar-refractivity contribution in [2.75, 3.05) is 11.9 Å². The Balaban J connectivity index is 2.43. The van der Waals surface area contributed by atoms with E-state index < -0.39 is 0 Å². The first-order valence-corrected chi connectivity index (χ1v) is 4.29. The maximum Gasteiger partial charge on any atom is 0.254 e. The number of nitrogens with zero attached hydrogens (tertiary/aromatic N) is 1. The third kappa shape index (κ3) is 2.34. The number of H-pyrrole nitrogens is 1. The summed E-state index contributed by atoms with van der Waals surface area (Å²) < 4.78 is 0. The van der Waals surface area contributed by atoms with Gasteiger partial charge in [0.2, 0.25) is 0 Å². The molecule has 0 saturated heterocycles. The molecule has 0 aliphatic rings. The van der Waals surface area contributed by atoms with E-state index in [0.29, 0.717) is 12.1 Å². The average molecular weight is 218 g/mol. The molecular formula is C6H8BrN3O. The molecule has 1 aromatic heterocycles. The first-order valence-electron chi connectivity index (χ1n) is 3.17. The summed E-state index contributed by atoms with van der Waals surface area (Å²) in [6, 6.07) is 0. The Labute approximate surface area is 72.5 Å². The van der Waals surface area contributed by atoms with E-state index in [0.717, 1.165) is 5.33 Å². The second-order valence-corrected chi connectivity index (χ2v) is 2.72. The van der Waals surface area contributed by atoms with E-state index >= 15 is 0 Å². The summed E-state index contributed by atoms with van der Waals surface area (Å²) in [5, 5.41) is 9.67. The van der Waals surface area contributed by atoms with E-state index in [-0.39, 0.29) is 5.91 Å². The normalized spacial score (nSPS) is 9.55. The summed E-state index contributed by atoms with van der Waals surface area (Å²) in [7, 11) is 0. The van der Waals surface area contributed by atoms with Gasteiger partial charge in [-0.15, -0.1) is 0 Å². The monoisotopic (exact) mass is 217 g/mol. The van der Waals surface area contributed by atoms with E-state index in [1.54, 1.807) is 6.20 Å². The summed E-state index contributed by atoms with van der Waals surface area (Å²) >= 11 is 3.20. The number of rotatable bonds is 3. The molecule has 0 spiro atoms. The summed E-state index contributed by atoms with van der Waals surface area (Å²) in [5.74, 6) is -0.0989. The van der Waals surface area contributed by atoms with Gasteiger partial charge in [-0.05, 0) is 0 Å². The van der Waals surface area contributed by atoms with Gasteiger partial charge in [-0.3, -0.25) is 9.89 Å². The van der Waals surface area contributed by atoms with Crippen molar-refractivity contribution >= 4 is 21.8 Å². The minimum atomic E-state index is -0.0989. The van der Waals surface area contributed by atoms with Crippen molar-refractivity contribution in [3.05, 3.63) is 18.0 Å². The molecule has 0 bridgehead atoms. The van der Waals surface area contributed by atoms with E-state index in [2.05, 4.69) is 31.4 Å². The molecule has 0 radical (unpaired) electrons. The van der Waals surface area contributed by atoms with Crippen LogP contribution in [0.4, 0.5) is 0 Å². The van der Waals surface area contributed by atoms with Crippen molar-refractivity contribution in [1.29, 1.82) is 0 Å². The van der Waals surface area contributed by atoms with Gasteiger partial charge in [0.15, 0.2) is 0 Å². The molecule has 11 heavy (non-hydrogen) atoms. The van der Waals surface area contributed by atoms with E-state index in [1.807, 2.05) is 0 Å². The second-order valence-electron chi connectivity index (χ2n) is 1.93. The van der Waals surface area contributed by atoms with Gasteiger partial charge in [-0.1, -0.05) is 15.9 Å². The third-order valence-corrected chi connectivity index (χ3v) is 1.54. The lowest BCUT2D eigenvalue weighted by atomic mass is 10.3. The quantitative estimate of drug-likeness (QED) is 0.727. The Morgan fingerprint density at radius 2 is 2.64 bits per heavy atom. The predicted molar refractivity (Wildman–Crippen MR) is 44.7 cm³/mol. The molecule has 60 valence electrons. The Bertz CT molecular complexity index is 222. The SMILES string of the molecule is O=C(NCCBr)c1cn[nH]c1. The molecule has 5 heteroatoms. The minimum Gasteiger partial charge on any atom is -0.351 e. The average Bonchev–Trinajstić information content (AvgIpc) is 2.52. The number of aromatic nitrogens is 2. The fourth-order valence-corrected chi connectivity index (χ4v) is 0.836. The van der Waals surface area contributed by atoms with E-state index in [9.17, 15) is 4.79 Å². The molecular weight excluding hydrogens is 210 g/mol. The number of hydrogen-bond acceptors (Lipinski definition) is 2. The molecule has 0 saturated carbocycles. The van der Waals surface area contributed by atoms with Gasteiger partial charge in [-0.25, -0.2) is 0 Å². The number of carbonyl (C=O) groups excluding carboxylic acids is 1. The van der Waals surface area contributed by atoms with Crippen LogP contribution in [0, 0.1) is 0 Å². The van der Waals surface area contributed by atoms with Gasteiger partial charge in [0.1, 0.15) is 0 Å². The Morgan fingerprint density at radius 3 is 3.18 bits per heavy atom. The highest BCUT2D eigenvalue weighted by Gasteiger charge is 2.03. The number of halogens is 1. The number of nitrogens with one attached hydrogen (secondary N) is 2. The Hall–Kier alpha value is -0.840. The summed E-state index contributed by atoms with van der Waals surface area (Å²) in [5.41, 5.74) is 0.561. The van der Waals surface area contributed by atoms with Crippen molar-refractivity contribution < 1.29 is 4.79 Å². The molecule has 2 N–H and O–H groups in total. The fraction of sp³-hybridized carbons (Fsp3) is 0.333. The van der Waals surface area contributed by atoms with Gasteiger partial charge < -0.3 is 5.32 Å². The smallest absolute Gasteiger partial charge is 0.254 e. The second kappa shape index (κ2) is 4.12. The summed E-state index contributed by atoms with van der Waals surface area (Å²) in [6.07, 6.45) is 3.05. The Kier molecular flexibility index (Phi) is 3.10. The number of amides is 1. The van der Waals surface area contributed by atoms with Crippen molar-refractivity contribution in [3.8, 4) is 0 Å². The fourth-order valence-electron chi connectivity index (χ4n) is 0.638. The van der Waals surface area contributed by atoms with Gasteiger partial charge in [0, 0.05) is 18.1 Å². The van der Waals surface area contributed by atoms with Crippen LogP contribution in [0.2, 0.25) is 0 Å². The van der Waals surface area contributed by atoms with Crippen LogP contribution in [0.5, 0.6) is 0 Å². The Morgan fingerprint density at radius 1 is 1.82 bits per heavy atom. The van der Waals surface area contributed by atoms with Crippen LogP contribution in [0.3, 0.4) is 0 Å². The van der Waals surface area contributed by atoms with Crippen LogP contribution >= 0.6 is 15.9 Å². The van der Waals surface area contributed by atoms with Gasteiger partial charge in [0.05, 0.1) is 11.8 Å². The largest absolute Gasteiger partial charge is 0.351 e. The molecule has 1 rings (SSSR count). The maximum absolute atomic E-state index is 11.1. The minimum absolute atomic E-state index is 0.0989. The standard InChI is InChI=1S/C6H8BrN3O/c7-1-2-8-6(11)5-3-9-10-4-5/h3-4H,1-2H2,(H,8,11)(H,9,10). The number of carbonyl (C=O) groups is 1. The van der Waals surface area contributed by atoms with Crippen molar-refractivity contribution in [2.45, 2.75) is 0 Å². The molecule has 0 aliphatic heterocycles. The lowest BCUT2D eigenvalue weighted by Crippen LogP contribution is -2.24. The van der Waals surface area contributed by atoms with Gasteiger partial charge >= 0.3 is 0 Å². The first kappa shape index (κ1) is 8.26. The number of hydrogen-bond donors (Lipinski definition) is 2. The predicted octanol–water partition coefficient (Wildman–Crippen LogP) is 0.534. The van der Waals surface area contributed by atoms with Crippen LogP contribution in [0.1, 0.15) is 10.4 Å². The van der Waals surface area contributed by atoms with Crippen LogP contribution in [0.15, 0.2) is 12.4 Å². The van der Waals surface area contributed by atoms with E-state index in [4.69, 9.17) is 0 Å². The lowest BCUT2D eigenvalue weighted by Gasteiger charge is -1.97. The molecule has 0 aromatic carbocycles. The molecule has 0 fully saturated rings. The van der Waals surface area contributed by atoms with Crippen LogP contribution < -0.4 is 5.32 Å². The molecule has 0 atom stereocenters. The van der Waals surface area contributed by atoms with Crippen molar-refractivity contribution in [3.63, 3.8) is 0 Å². The topological polar surface area (TPSA) is 57.8 Å². The maximum atomic E-state index is 11.1. The number of aromatic amines is 1. The molecule has 1 amide bonds. The highest BCUT2D eigenvalue weighted by Crippen LogP contribution is 1.92. The molecule has 0 unspecified atom stereocenters. The zero-order chi connectivity index (χ0) is 8.10. The highest BCUT2D eigenvalue weighted by molar-refractivity contribution is 9.09. The number of alkyl halides is 1.